The van der Waals surface area contributed by atoms with E-state index in [0.29, 0.717) is 5.41 Å². The first kappa shape index (κ1) is 11.2. The maximum atomic E-state index is 3.36. The molecule has 0 saturated carbocycles. The van der Waals surface area contributed by atoms with Gasteiger partial charge in [-0.15, -0.1) is 0 Å². The number of nitrogens with zero attached hydrogens (tertiary/aromatic N) is 1. The van der Waals surface area contributed by atoms with Crippen molar-refractivity contribution in [3.05, 3.63) is 11.6 Å². The maximum Gasteiger partial charge on any atom is 0.0194 e. The number of nitrogens with one attached hydrogen (secondary N) is 1. The van der Waals surface area contributed by atoms with E-state index in [1.165, 1.54) is 32.6 Å². The molecule has 0 bridgehead atoms. The van der Waals surface area contributed by atoms with Crippen molar-refractivity contribution < 1.29 is 0 Å². The molecule has 2 nitrogen and oxygen atoms in total. The third kappa shape index (κ3) is 2.82. The van der Waals surface area contributed by atoms with Gasteiger partial charge in [0.15, 0.2) is 0 Å². The number of hydrogen-bond acceptors (Lipinski definition) is 2. The summed E-state index contributed by atoms with van der Waals surface area (Å²) in [6.45, 7) is 13.1. The summed E-state index contributed by atoms with van der Waals surface area (Å²) in [5, 5.41) is 3.36. The largest absolute Gasteiger partial charge is 0.313 e. The molecule has 0 amide bonds. The normalized spacial score (nSPS) is 24.9. The molecule has 2 rings (SSSR count). The fourth-order valence-electron chi connectivity index (χ4n) is 2.35. The lowest BCUT2D eigenvalue weighted by atomic mass is 9.76. The van der Waals surface area contributed by atoms with Gasteiger partial charge in [-0.2, -0.15) is 0 Å². The molecule has 1 N–H and O–H groups in total. The average Bonchev–Trinajstić information content (AvgIpc) is 2.10. The van der Waals surface area contributed by atoms with Crippen LogP contribution in [-0.2, 0) is 0 Å². The van der Waals surface area contributed by atoms with Crippen LogP contribution >= 0.6 is 0 Å². The molecule has 15 heavy (non-hydrogen) atoms. The van der Waals surface area contributed by atoms with E-state index in [-0.39, 0.29) is 0 Å². The van der Waals surface area contributed by atoms with Crippen LogP contribution in [0.4, 0.5) is 0 Å². The topological polar surface area (TPSA) is 15.3 Å². The highest BCUT2D eigenvalue weighted by Gasteiger charge is 2.35. The fraction of sp³-hybridized carbons (Fsp3) is 0.846. The Hall–Kier alpha value is -0.340. The molecule has 2 aliphatic heterocycles. The lowest BCUT2D eigenvalue weighted by Crippen LogP contribution is -2.52. The lowest BCUT2D eigenvalue weighted by Gasteiger charge is -2.46. The van der Waals surface area contributed by atoms with Gasteiger partial charge in [0.1, 0.15) is 0 Å². The molecule has 2 heterocycles. The molecule has 0 radical (unpaired) electrons. The van der Waals surface area contributed by atoms with E-state index in [2.05, 4.69) is 37.1 Å². The molecule has 0 aliphatic carbocycles. The predicted molar refractivity (Wildman–Crippen MR) is 65.0 cm³/mol. The highest BCUT2D eigenvalue weighted by atomic mass is 15.2. The summed E-state index contributed by atoms with van der Waals surface area (Å²) in [4.78, 5) is 2.59. The van der Waals surface area contributed by atoms with Gasteiger partial charge in [0.05, 0.1) is 0 Å². The molecule has 0 aromatic rings. The summed E-state index contributed by atoms with van der Waals surface area (Å²) in [5.74, 6) is 0.903. The summed E-state index contributed by atoms with van der Waals surface area (Å²) < 4.78 is 0. The van der Waals surface area contributed by atoms with Gasteiger partial charge in [0.25, 0.3) is 0 Å². The van der Waals surface area contributed by atoms with Crippen molar-refractivity contribution in [2.45, 2.75) is 27.2 Å². The monoisotopic (exact) mass is 208 g/mol. The summed E-state index contributed by atoms with van der Waals surface area (Å²) in [6, 6.07) is 0. The van der Waals surface area contributed by atoms with Gasteiger partial charge >= 0.3 is 0 Å². The van der Waals surface area contributed by atoms with Crippen LogP contribution in [0.25, 0.3) is 0 Å². The summed E-state index contributed by atoms with van der Waals surface area (Å²) in [7, 11) is 0. The molecule has 2 heteroatoms. The van der Waals surface area contributed by atoms with Gasteiger partial charge in [0.2, 0.25) is 0 Å². The SMILES string of the molecule is CC(C)(C)C1CN(CC2=CCNCC2)C1. The quantitative estimate of drug-likeness (QED) is 0.697. The van der Waals surface area contributed by atoms with Gasteiger partial charge in [0, 0.05) is 26.2 Å². The molecule has 0 aromatic carbocycles. The van der Waals surface area contributed by atoms with Crippen molar-refractivity contribution in [3.8, 4) is 0 Å². The van der Waals surface area contributed by atoms with Crippen LogP contribution in [0.5, 0.6) is 0 Å². The third-order valence-electron chi connectivity index (χ3n) is 3.77. The summed E-state index contributed by atoms with van der Waals surface area (Å²) >= 11 is 0. The van der Waals surface area contributed by atoms with E-state index in [9.17, 15) is 0 Å². The molecular weight excluding hydrogens is 184 g/mol. The highest BCUT2D eigenvalue weighted by Crippen LogP contribution is 2.33. The van der Waals surface area contributed by atoms with Gasteiger partial charge in [-0.25, -0.2) is 0 Å². The Morgan fingerprint density at radius 2 is 2.13 bits per heavy atom. The Morgan fingerprint density at radius 3 is 2.67 bits per heavy atom. The first-order valence-electron chi connectivity index (χ1n) is 6.16. The molecule has 0 spiro atoms. The van der Waals surface area contributed by atoms with Crippen molar-refractivity contribution in [1.29, 1.82) is 0 Å². The third-order valence-corrected chi connectivity index (χ3v) is 3.77. The minimum atomic E-state index is 0.499. The van der Waals surface area contributed by atoms with Crippen LogP contribution in [-0.4, -0.2) is 37.6 Å². The minimum Gasteiger partial charge on any atom is -0.313 e. The van der Waals surface area contributed by atoms with Crippen LogP contribution in [0.1, 0.15) is 27.2 Å². The second-order valence-corrected chi connectivity index (χ2v) is 6.07. The number of hydrogen-bond donors (Lipinski definition) is 1. The standard InChI is InChI=1S/C13H24N2/c1-13(2,3)12-9-15(10-12)8-11-4-6-14-7-5-11/h4,12,14H,5-10H2,1-3H3. The van der Waals surface area contributed by atoms with Crippen LogP contribution in [0, 0.1) is 11.3 Å². The van der Waals surface area contributed by atoms with E-state index in [1.54, 1.807) is 5.57 Å². The van der Waals surface area contributed by atoms with Gasteiger partial charge < -0.3 is 5.32 Å². The Bertz CT molecular complexity index is 244. The van der Waals surface area contributed by atoms with E-state index in [4.69, 9.17) is 0 Å². The van der Waals surface area contributed by atoms with Crippen molar-refractivity contribution in [3.63, 3.8) is 0 Å². The first-order chi connectivity index (χ1) is 7.05. The molecule has 2 aliphatic rings. The zero-order chi connectivity index (χ0) is 10.9. The van der Waals surface area contributed by atoms with Crippen molar-refractivity contribution >= 4 is 0 Å². The molecular formula is C13H24N2. The smallest absolute Gasteiger partial charge is 0.0194 e. The zero-order valence-electron chi connectivity index (χ0n) is 10.3. The number of likely N-dealkylation sites (tertiary alicyclic amines) is 1. The Labute approximate surface area is 93.7 Å². The first-order valence-corrected chi connectivity index (χ1v) is 6.16. The molecule has 0 atom stereocenters. The maximum absolute atomic E-state index is 3.36. The van der Waals surface area contributed by atoms with Gasteiger partial charge in [-0.3, -0.25) is 4.90 Å². The van der Waals surface area contributed by atoms with Crippen molar-refractivity contribution in [2.24, 2.45) is 11.3 Å². The van der Waals surface area contributed by atoms with E-state index >= 15 is 0 Å². The molecule has 1 saturated heterocycles. The van der Waals surface area contributed by atoms with E-state index in [1.807, 2.05) is 0 Å². The van der Waals surface area contributed by atoms with E-state index in [0.717, 1.165) is 12.5 Å². The van der Waals surface area contributed by atoms with Crippen molar-refractivity contribution in [1.82, 2.24) is 10.2 Å². The highest BCUT2D eigenvalue weighted by molar-refractivity contribution is 5.10. The minimum absolute atomic E-state index is 0.499. The number of rotatable bonds is 2. The molecule has 0 unspecified atom stereocenters. The Morgan fingerprint density at radius 1 is 1.40 bits per heavy atom. The second kappa shape index (κ2) is 4.26. The fourth-order valence-corrected chi connectivity index (χ4v) is 2.35. The van der Waals surface area contributed by atoms with Crippen LogP contribution in [0.3, 0.4) is 0 Å². The predicted octanol–water partition coefficient (Wildman–Crippen LogP) is 1.88. The summed E-state index contributed by atoms with van der Waals surface area (Å²) in [6.07, 6.45) is 3.62. The zero-order valence-corrected chi connectivity index (χ0v) is 10.3. The average molecular weight is 208 g/mol. The lowest BCUT2D eigenvalue weighted by molar-refractivity contribution is 0.0315. The Balaban J connectivity index is 1.74. The van der Waals surface area contributed by atoms with Crippen LogP contribution in [0.2, 0.25) is 0 Å². The Kier molecular flexibility index (Phi) is 3.17. The van der Waals surface area contributed by atoms with Crippen LogP contribution < -0.4 is 5.32 Å². The molecule has 86 valence electrons. The van der Waals surface area contributed by atoms with Gasteiger partial charge in [-0.05, 0) is 24.3 Å². The van der Waals surface area contributed by atoms with E-state index < -0.39 is 0 Å². The molecule has 1 fully saturated rings. The van der Waals surface area contributed by atoms with Crippen LogP contribution in [0.15, 0.2) is 11.6 Å². The second-order valence-electron chi connectivity index (χ2n) is 6.07. The van der Waals surface area contributed by atoms with Crippen molar-refractivity contribution in [2.75, 3.05) is 32.7 Å². The van der Waals surface area contributed by atoms with Gasteiger partial charge in [-0.1, -0.05) is 32.4 Å². The molecule has 0 aromatic heterocycles. The summed E-state index contributed by atoms with van der Waals surface area (Å²) in [5.41, 5.74) is 2.14.